The van der Waals surface area contributed by atoms with Crippen LogP contribution in [0.4, 0.5) is 5.69 Å². The van der Waals surface area contributed by atoms with Crippen molar-refractivity contribution in [2.75, 3.05) is 5.32 Å². The molecule has 1 aromatic rings. The summed E-state index contributed by atoms with van der Waals surface area (Å²) < 4.78 is 1.66. The Morgan fingerprint density at radius 2 is 2.05 bits per heavy atom. The lowest BCUT2D eigenvalue weighted by Crippen LogP contribution is -2.36. The second-order valence-corrected chi connectivity index (χ2v) is 5.84. The van der Waals surface area contributed by atoms with E-state index in [0.29, 0.717) is 5.69 Å². The van der Waals surface area contributed by atoms with Crippen LogP contribution in [-0.2, 0) is 23.1 Å². The highest BCUT2D eigenvalue weighted by Gasteiger charge is 2.51. The first kappa shape index (κ1) is 13.9. The molecule has 1 heterocycles. The third kappa shape index (κ3) is 2.24. The molecule has 2 bridgehead atoms. The van der Waals surface area contributed by atoms with Crippen LogP contribution < -0.4 is 5.32 Å². The summed E-state index contributed by atoms with van der Waals surface area (Å²) in [5.41, 5.74) is 1.50. The number of nitrogens with one attached hydrogen (secondary N) is 1. The third-order valence-corrected chi connectivity index (χ3v) is 4.55. The third-order valence-electron chi connectivity index (χ3n) is 4.55. The number of hydrogen-bond acceptors (Lipinski definition) is 3. The minimum Gasteiger partial charge on any atom is -0.481 e. The van der Waals surface area contributed by atoms with Crippen LogP contribution in [0.5, 0.6) is 0 Å². The second kappa shape index (κ2) is 5.02. The maximum Gasteiger partial charge on any atom is 0.307 e. The molecule has 0 aliphatic heterocycles. The van der Waals surface area contributed by atoms with Gasteiger partial charge in [-0.15, -0.1) is 0 Å². The van der Waals surface area contributed by atoms with E-state index in [-0.39, 0.29) is 17.7 Å². The van der Waals surface area contributed by atoms with E-state index in [2.05, 4.69) is 10.4 Å². The summed E-state index contributed by atoms with van der Waals surface area (Å²) in [5.74, 6) is -2.15. The van der Waals surface area contributed by atoms with E-state index in [4.69, 9.17) is 0 Å². The number of carboxylic acid groups (broad SMARTS) is 1. The van der Waals surface area contributed by atoms with Crippen LogP contribution in [0.25, 0.3) is 0 Å². The molecule has 1 aromatic heterocycles. The highest BCUT2D eigenvalue weighted by molar-refractivity contribution is 5.96. The molecule has 4 atom stereocenters. The number of hydrogen-bond donors (Lipinski definition) is 2. The van der Waals surface area contributed by atoms with Crippen molar-refractivity contribution >= 4 is 17.6 Å². The van der Waals surface area contributed by atoms with Gasteiger partial charge in [-0.25, -0.2) is 0 Å². The predicted molar refractivity (Wildman–Crippen MR) is 76.6 cm³/mol. The summed E-state index contributed by atoms with van der Waals surface area (Å²) in [6.07, 6.45) is 7.17. The van der Waals surface area contributed by atoms with Crippen LogP contribution in [-0.4, -0.2) is 26.8 Å². The second-order valence-electron chi connectivity index (χ2n) is 5.84. The number of aryl methyl sites for hydroxylation is 2. The normalized spacial score (nSPS) is 29.8. The summed E-state index contributed by atoms with van der Waals surface area (Å²) >= 11 is 0. The fourth-order valence-corrected chi connectivity index (χ4v) is 3.63. The quantitative estimate of drug-likeness (QED) is 0.822. The Balaban J connectivity index is 1.82. The molecule has 21 heavy (non-hydrogen) atoms. The van der Waals surface area contributed by atoms with Gasteiger partial charge in [-0.2, -0.15) is 5.10 Å². The molecule has 2 aliphatic rings. The lowest BCUT2D eigenvalue weighted by atomic mass is 9.82. The van der Waals surface area contributed by atoms with Gasteiger partial charge in [0.05, 0.1) is 23.2 Å². The zero-order chi connectivity index (χ0) is 15.1. The summed E-state index contributed by atoms with van der Waals surface area (Å²) in [4.78, 5) is 24.0. The molecule has 0 spiro atoms. The van der Waals surface area contributed by atoms with E-state index in [1.165, 1.54) is 0 Å². The standard InChI is InChI=1S/C15H19N3O3/c1-3-10-11(7-18(2)17-10)16-14(19)12-8-4-5-9(6-8)13(12)15(20)21/h4-5,7-9,12-13H,3,6H2,1-2H3,(H,16,19)(H,20,21). The van der Waals surface area contributed by atoms with Crippen LogP contribution >= 0.6 is 0 Å². The Bertz CT molecular complexity index is 620. The maximum atomic E-state index is 12.6. The Morgan fingerprint density at radius 1 is 1.38 bits per heavy atom. The number of carbonyl (C=O) groups excluding carboxylic acids is 1. The van der Waals surface area contributed by atoms with Crippen molar-refractivity contribution in [3.8, 4) is 0 Å². The van der Waals surface area contributed by atoms with Gasteiger partial charge in [0.2, 0.25) is 5.91 Å². The minimum atomic E-state index is -0.881. The summed E-state index contributed by atoms with van der Waals surface area (Å²) in [5, 5.41) is 16.6. The van der Waals surface area contributed by atoms with Gasteiger partial charge in [0, 0.05) is 13.2 Å². The van der Waals surface area contributed by atoms with Crippen molar-refractivity contribution in [2.24, 2.45) is 30.7 Å². The van der Waals surface area contributed by atoms with Crippen molar-refractivity contribution < 1.29 is 14.7 Å². The number of aromatic nitrogens is 2. The number of aliphatic carboxylic acids is 1. The topological polar surface area (TPSA) is 84.2 Å². The molecule has 6 nitrogen and oxygen atoms in total. The number of amides is 1. The summed E-state index contributed by atoms with van der Waals surface area (Å²) in [6.45, 7) is 1.97. The van der Waals surface area contributed by atoms with Crippen molar-refractivity contribution in [1.29, 1.82) is 0 Å². The van der Waals surface area contributed by atoms with Crippen molar-refractivity contribution in [1.82, 2.24) is 9.78 Å². The molecule has 2 N–H and O–H groups in total. The van der Waals surface area contributed by atoms with Crippen LogP contribution in [0.15, 0.2) is 18.3 Å². The summed E-state index contributed by atoms with van der Waals surface area (Å²) in [6, 6.07) is 0. The lowest BCUT2D eigenvalue weighted by molar-refractivity contribution is -0.146. The van der Waals surface area contributed by atoms with Crippen LogP contribution in [0.2, 0.25) is 0 Å². The number of fused-ring (bicyclic) bond motifs is 2. The molecular weight excluding hydrogens is 270 g/mol. The van der Waals surface area contributed by atoms with Gasteiger partial charge < -0.3 is 10.4 Å². The smallest absolute Gasteiger partial charge is 0.307 e. The SMILES string of the molecule is CCc1nn(C)cc1NC(=O)C1C2C=CC(C2)C1C(=O)O. The van der Waals surface area contributed by atoms with Crippen LogP contribution in [0.1, 0.15) is 19.0 Å². The number of carbonyl (C=O) groups is 2. The first-order valence-corrected chi connectivity index (χ1v) is 7.25. The first-order chi connectivity index (χ1) is 10.0. The molecule has 1 saturated carbocycles. The van der Waals surface area contributed by atoms with E-state index in [1.807, 2.05) is 19.1 Å². The monoisotopic (exact) mass is 289 g/mol. The fraction of sp³-hybridized carbons (Fsp3) is 0.533. The minimum absolute atomic E-state index is 0.0113. The molecule has 1 fully saturated rings. The number of rotatable bonds is 4. The van der Waals surface area contributed by atoms with Gasteiger partial charge in [-0.05, 0) is 24.7 Å². The lowest BCUT2D eigenvalue weighted by Gasteiger charge is -2.23. The average molecular weight is 289 g/mol. The predicted octanol–water partition coefficient (Wildman–Crippen LogP) is 1.44. The van der Waals surface area contributed by atoms with Gasteiger partial charge in [0.1, 0.15) is 0 Å². The van der Waals surface area contributed by atoms with Crippen molar-refractivity contribution in [3.63, 3.8) is 0 Å². The van der Waals surface area contributed by atoms with E-state index in [1.54, 1.807) is 17.9 Å². The number of anilines is 1. The van der Waals surface area contributed by atoms with E-state index in [0.717, 1.165) is 18.5 Å². The molecule has 112 valence electrons. The Morgan fingerprint density at radius 3 is 2.67 bits per heavy atom. The van der Waals surface area contributed by atoms with Gasteiger partial charge in [0.15, 0.2) is 0 Å². The molecule has 3 rings (SSSR count). The summed E-state index contributed by atoms with van der Waals surface area (Å²) in [7, 11) is 1.80. The first-order valence-electron chi connectivity index (χ1n) is 7.25. The van der Waals surface area contributed by atoms with Gasteiger partial charge in [-0.1, -0.05) is 19.1 Å². The molecule has 0 aromatic carbocycles. The zero-order valence-corrected chi connectivity index (χ0v) is 12.1. The molecule has 0 radical (unpaired) electrons. The maximum absolute atomic E-state index is 12.6. The highest BCUT2D eigenvalue weighted by Crippen LogP contribution is 2.48. The highest BCUT2D eigenvalue weighted by atomic mass is 16.4. The van der Waals surface area contributed by atoms with E-state index >= 15 is 0 Å². The number of nitrogens with zero attached hydrogens (tertiary/aromatic N) is 2. The van der Waals surface area contributed by atoms with Gasteiger partial charge in [-0.3, -0.25) is 14.3 Å². The zero-order valence-electron chi connectivity index (χ0n) is 12.1. The number of carboxylic acids is 1. The Kier molecular flexibility index (Phi) is 3.31. The van der Waals surface area contributed by atoms with E-state index < -0.39 is 17.8 Å². The molecule has 1 amide bonds. The largest absolute Gasteiger partial charge is 0.481 e. The average Bonchev–Trinajstić information content (AvgIpc) is 3.11. The fourth-order valence-electron chi connectivity index (χ4n) is 3.63. The Labute approximate surface area is 122 Å². The van der Waals surface area contributed by atoms with E-state index in [9.17, 15) is 14.7 Å². The van der Waals surface area contributed by atoms with Gasteiger partial charge in [0.25, 0.3) is 0 Å². The molecule has 2 aliphatic carbocycles. The molecule has 4 unspecified atom stereocenters. The van der Waals surface area contributed by atoms with Crippen molar-refractivity contribution in [2.45, 2.75) is 19.8 Å². The molecular formula is C15H19N3O3. The van der Waals surface area contributed by atoms with Crippen LogP contribution in [0.3, 0.4) is 0 Å². The molecule has 6 heteroatoms. The number of allylic oxidation sites excluding steroid dienone is 2. The van der Waals surface area contributed by atoms with Crippen molar-refractivity contribution in [3.05, 3.63) is 24.0 Å². The van der Waals surface area contributed by atoms with Gasteiger partial charge >= 0.3 is 5.97 Å². The molecule has 0 saturated heterocycles. The Hall–Kier alpha value is -2.11. The van der Waals surface area contributed by atoms with Crippen LogP contribution in [0, 0.1) is 23.7 Å².